The van der Waals surface area contributed by atoms with E-state index in [0.29, 0.717) is 18.5 Å². The number of rotatable bonds is 4. The van der Waals surface area contributed by atoms with Gasteiger partial charge in [-0.15, -0.1) is 0 Å². The molecule has 0 saturated carbocycles. The molecule has 7 heteroatoms. The molecule has 1 aliphatic rings. The van der Waals surface area contributed by atoms with Gasteiger partial charge in [0.2, 0.25) is 15.9 Å². The summed E-state index contributed by atoms with van der Waals surface area (Å²) in [7, 11) is -2.12. The molecule has 0 spiro atoms. The third kappa shape index (κ3) is 3.00. The molecule has 2 N–H and O–H groups in total. The van der Waals surface area contributed by atoms with Crippen LogP contribution in [-0.2, 0) is 14.8 Å². The number of aliphatic hydroxyl groups is 1. The summed E-state index contributed by atoms with van der Waals surface area (Å²) < 4.78 is 26.9. The van der Waals surface area contributed by atoms with Crippen molar-refractivity contribution in [1.29, 1.82) is 0 Å². The van der Waals surface area contributed by atoms with E-state index in [1.807, 2.05) is 0 Å². The number of benzene rings is 1. The normalized spacial score (nSPS) is 21.2. The van der Waals surface area contributed by atoms with E-state index in [9.17, 15) is 18.3 Å². The number of likely N-dealkylation sites (tertiary alicyclic amines) is 1. The Morgan fingerprint density at radius 2 is 2.15 bits per heavy atom. The molecule has 0 bridgehead atoms. The smallest absolute Gasteiger partial charge is 0.241 e. The topological polar surface area (TPSA) is 86.7 Å². The van der Waals surface area contributed by atoms with E-state index in [4.69, 9.17) is 0 Å². The molecule has 2 rings (SSSR count). The minimum absolute atomic E-state index is 0.0539. The van der Waals surface area contributed by atoms with Gasteiger partial charge in [0.25, 0.3) is 0 Å². The van der Waals surface area contributed by atoms with Crippen molar-refractivity contribution in [3.63, 3.8) is 0 Å². The Bertz CT molecular complexity index is 613. The van der Waals surface area contributed by atoms with E-state index in [1.165, 1.54) is 17.0 Å². The highest BCUT2D eigenvalue weighted by Gasteiger charge is 2.32. The lowest BCUT2D eigenvalue weighted by atomic mass is 10.1. The fourth-order valence-corrected chi connectivity index (χ4v) is 3.41. The van der Waals surface area contributed by atoms with Crippen LogP contribution < -0.4 is 4.72 Å². The van der Waals surface area contributed by atoms with Gasteiger partial charge in [0.05, 0.1) is 11.0 Å². The summed E-state index contributed by atoms with van der Waals surface area (Å²) in [5, 5.41) is 9.50. The maximum Gasteiger partial charge on any atom is 0.241 e. The number of sulfonamides is 1. The molecule has 2 atom stereocenters. The molecule has 1 heterocycles. The Morgan fingerprint density at radius 1 is 1.45 bits per heavy atom. The number of aliphatic hydroxyl groups excluding tert-OH is 1. The summed E-state index contributed by atoms with van der Waals surface area (Å²) >= 11 is 0. The first-order chi connectivity index (χ1) is 9.31. The van der Waals surface area contributed by atoms with Crippen LogP contribution in [0.25, 0.3) is 0 Å². The lowest BCUT2D eigenvalue weighted by Gasteiger charge is -2.13. The monoisotopic (exact) mass is 298 g/mol. The summed E-state index contributed by atoms with van der Waals surface area (Å²) in [6, 6.07) is 5.37. The van der Waals surface area contributed by atoms with Crippen LogP contribution in [0.15, 0.2) is 29.2 Å². The van der Waals surface area contributed by atoms with Crippen LogP contribution in [0.2, 0.25) is 0 Å². The highest BCUT2D eigenvalue weighted by Crippen LogP contribution is 2.19. The van der Waals surface area contributed by atoms with Crippen molar-refractivity contribution < 1.29 is 18.3 Å². The summed E-state index contributed by atoms with van der Waals surface area (Å²) in [6.45, 7) is 2.11. The van der Waals surface area contributed by atoms with Gasteiger partial charge in [-0.25, -0.2) is 8.42 Å². The third-order valence-corrected chi connectivity index (χ3v) is 4.85. The van der Waals surface area contributed by atoms with E-state index in [2.05, 4.69) is 4.72 Å². The number of likely N-dealkylation sites (N-methyl/N-ethyl adjacent to an activating group) is 1. The van der Waals surface area contributed by atoms with Crippen molar-refractivity contribution in [2.24, 2.45) is 0 Å². The van der Waals surface area contributed by atoms with Crippen LogP contribution in [0.3, 0.4) is 0 Å². The second kappa shape index (κ2) is 5.51. The molecule has 110 valence electrons. The maximum atomic E-state index is 12.3. The fourth-order valence-electron chi connectivity index (χ4n) is 2.13. The highest BCUT2D eigenvalue weighted by atomic mass is 32.2. The average molecular weight is 298 g/mol. The van der Waals surface area contributed by atoms with Crippen molar-refractivity contribution in [1.82, 2.24) is 9.62 Å². The zero-order chi connectivity index (χ0) is 14.9. The zero-order valence-corrected chi connectivity index (χ0v) is 12.2. The molecule has 2 unspecified atom stereocenters. The average Bonchev–Trinajstić information content (AvgIpc) is 2.70. The largest absolute Gasteiger partial charge is 0.389 e. The molecule has 1 saturated heterocycles. The fraction of sp³-hybridized carbons (Fsp3) is 0.462. The van der Waals surface area contributed by atoms with Crippen LogP contribution >= 0.6 is 0 Å². The van der Waals surface area contributed by atoms with Gasteiger partial charge in [-0.05, 0) is 31.0 Å². The maximum absolute atomic E-state index is 12.3. The standard InChI is InChI=1S/C13H18N2O4S/c1-9(16)10-4-3-5-11(8-10)20(18,19)14-12-6-7-15(2)13(12)17/h3-5,8-9,12,14,16H,6-7H2,1-2H3. The molecule has 1 amide bonds. The molecule has 1 aromatic carbocycles. The van der Waals surface area contributed by atoms with Gasteiger partial charge in [0, 0.05) is 13.6 Å². The lowest BCUT2D eigenvalue weighted by Crippen LogP contribution is -2.40. The number of amides is 1. The van der Waals surface area contributed by atoms with Gasteiger partial charge in [-0.3, -0.25) is 4.79 Å². The second-order valence-electron chi connectivity index (χ2n) is 4.97. The van der Waals surface area contributed by atoms with Crippen LogP contribution in [0, 0.1) is 0 Å². The molecule has 1 aromatic rings. The van der Waals surface area contributed by atoms with Crippen LogP contribution in [0.1, 0.15) is 25.0 Å². The Labute approximate surface area is 118 Å². The van der Waals surface area contributed by atoms with Gasteiger partial charge in [-0.2, -0.15) is 4.72 Å². The molecule has 0 aliphatic carbocycles. The Morgan fingerprint density at radius 3 is 2.70 bits per heavy atom. The van der Waals surface area contributed by atoms with Gasteiger partial charge < -0.3 is 10.0 Å². The zero-order valence-electron chi connectivity index (χ0n) is 11.4. The number of nitrogens with zero attached hydrogens (tertiary/aromatic N) is 1. The number of carbonyl (C=O) groups excluding carboxylic acids is 1. The first kappa shape index (κ1) is 15.0. The minimum atomic E-state index is -3.76. The minimum Gasteiger partial charge on any atom is -0.389 e. The van der Waals surface area contributed by atoms with E-state index in [1.54, 1.807) is 26.1 Å². The van der Waals surface area contributed by atoms with Crippen LogP contribution in [0.4, 0.5) is 0 Å². The summed E-state index contributed by atoms with van der Waals surface area (Å²) in [5.74, 6) is -0.222. The first-order valence-corrected chi connectivity index (χ1v) is 7.85. The number of carbonyl (C=O) groups is 1. The second-order valence-corrected chi connectivity index (χ2v) is 6.68. The van der Waals surface area contributed by atoms with Gasteiger partial charge in [0.15, 0.2) is 0 Å². The molecule has 20 heavy (non-hydrogen) atoms. The molecule has 1 fully saturated rings. The van der Waals surface area contributed by atoms with Crippen molar-refractivity contribution in [3.8, 4) is 0 Å². The van der Waals surface area contributed by atoms with Gasteiger partial charge in [-0.1, -0.05) is 12.1 Å². The molecular formula is C13H18N2O4S. The van der Waals surface area contributed by atoms with Crippen molar-refractivity contribution in [3.05, 3.63) is 29.8 Å². The molecule has 0 radical (unpaired) electrons. The highest BCUT2D eigenvalue weighted by molar-refractivity contribution is 7.89. The Balaban J connectivity index is 2.23. The van der Waals surface area contributed by atoms with Crippen LogP contribution in [-0.4, -0.2) is 44.0 Å². The summed E-state index contributed by atoms with van der Waals surface area (Å²) in [4.78, 5) is 13.3. The first-order valence-electron chi connectivity index (χ1n) is 6.36. The summed E-state index contributed by atoms with van der Waals surface area (Å²) in [5.41, 5.74) is 0.516. The molecule has 0 aromatic heterocycles. The third-order valence-electron chi connectivity index (χ3n) is 3.38. The van der Waals surface area contributed by atoms with Crippen molar-refractivity contribution >= 4 is 15.9 Å². The predicted molar refractivity (Wildman–Crippen MR) is 73.4 cm³/mol. The lowest BCUT2D eigenvalue weighted by molar-refractivity contribution is -0.127. The van der Waals surface area contributed by atoms with Crippen molar-refractivity contribution in [2.75, 3.05) is 13.6 Å². The number of hydrogen-bond donors (Lipinski definition) is 2. The molecular weight excluding hydrogens is 280 g/mol. The Hall–Kier alpha value is -1.44. The van der Waals surface area contributed by atoms with E-state index in [0.717, 1.165) is 0 Å². The predicted octanol–water partition coefficient (Wildman–Crippen LogP) is 0.249. The van der Waals surface area contributed by atoms with Gasteiger partial charge >= 0.3 is 0 Å². The number of nitrogens with one attached hydrogen (secondary N) is 1. The van der Waals surface area contributed by atoms with E-state index < -0.39 is 22.2 Å². The molecule has 6 nitrogen and oxygen atoms in total. The quantitative estimate of drug-likeness (QED) is 0.834. The Kier molecular flexibility index (Phi) is 4.12. The van der Waals surface area contributed by atoms with E-state index in [-0.39, 0.29) is 10.8 Å². The SMILES string of the molecule is CC(O)c1cccc(S(=O)(=O)NC2CCN(C)C2=O)c1. The van der Waals surface area contributed by atoms with Crippen molar-refractivity contribution in [2.45, 2.75) is 30.4 Å². The van der Waals surface area contributed by atoms with Gasteiger partial charge in [0.1, 0.15) is 6.04 Å². The molecule has 1 aliphatic heterocycles. The van der Waals surface area contributed by atoms with E-state index >= 15 is 0 Å². The summed E-state index contributed by atoms with van der Waals surface area (Å²) in [6.07, 6.45) is -0.283. The van der Waals surface area contributed by atoms with Crippen LogP contribution in [0.5, 0.6) is 0 Å². The number of hydrogen-bond acceptors (Lipinski definition) is 4.